The fourth-order valence-electron chi connectivity index (χ4n) is 1.76. The number of fused-ring (bicyclic) bond motifs is 1. The van der Waals surface area contributed by atoms with Crippen molar-refractivity contribution in [2.45, 2.75) is 0 Å². The third kappa shape index (κ3) is 2.32. The summed E-state index contributed by atoms with van der Waals surface area (Å²) in [5, 5.41) is 0.574. The molecule has 19 heavy (non-hydrogen) atoms. The maximum Gasteiger partial charge on any atom is 0.279 e. The molecule has 3 rings (SSSR count). The zero-order valence-electron chi connectivity index (χ0n) is 10.3. The van der Waals surface area contributed by atoms with Crippen LogP contribution in [-0.2, 0) is 0 Å². The van der Waals surface area contributed by atoms with Crippen molar-refractivity contribution in [3.05, 3.63) is 42.5 Å². The largest absolute Gasteiger partial charge is 0.493 e. The van der Waals surface area contributed by atoms with Crippen molar-refractivity contribution in [3.8, 4) is 16.7 Å². The minimum Gasteiger partial charge on any atom is -0.493 e. The summed E-state index contributed by atoms with van der Waals surface area (Å²) in [6.45, 7) is 0. The molecule has 1 heterocycles. The molecule has 0 aliphatic rings. The number of ether oxygens (including phenoxy) is 2. The van der Waals surface area contributed by atoms with Gasteiger partial charge in [-0.25, -0.2) is 4.98 Å². The number of nitrogen functional groups attached to an aromatic ring is 1. The van der Waals surface area contributed by atoms with E-state index in [1.807, 2.05) is 42.5 Å². The molecule has 0 saturated heterocycles. The zero-order chi connectivity index (χ0) is 13.2. The quantitative estimate of drug-likeness (QED) is 0.739. The average Bonchev–Trinajstić information content (AvgIpc) is 2.80. The van der Waals surface area contributed by atoms with Gasteiger partial charge in [0.05, 0.1) is 17.3 Å². The molecule has 0 aliphatic carbocycles. The summed E-state index contributed by atoms with van der Waals surface area (Å²) in [5.74, 6) is 1.33. The second-order valence-corrected chi connectivity index (χ2v) is 4.95. The van der Waals surface area contributed by atoms with Gasteiger partial charge in [0.15, 0.2) is 11.5 Å². The maximum atomic E-state index is 5.77. The standard InChI is InChI=1S/C14H12N2O2S/c1-17-11-4-2-3-5-12(11)18-14-16-10-7-6-9(15)8-13(10)19-14/h2-8H,15H2,1H3. The molecule has 2 aromatic carbocycles. The van der Waals surface area contributed by atoms with Crippen LogP contribution >= 0.6 is 11.3 Å². The number of hydrogen-bond donors (Lipinski definition) is 1. The molecule has 0 amide bonds. The Morgan fingerprint density at radius 1 is 1.11 bits per heavy atom. The number of methoxy groups -OCH3 is 1. The smallest absolute Gasteiger partial charge is 0.279 e. The van der Waals surface area contributed by atoms with E-state index in [-0.39, 0.29) is 0 Å². The van der Waals surface area contributed by atoms with Gasteiger partial charge in [-0.3, -0.25) is 0 Å². The van der Waals surface area contributed by atoms with Gasteiger partial charge in [0, 0.05) is 5.69 Å². The Morgan fingerprint density at radius 3 is 2.68 bits per heavy atom. The number of nitrogens with zero attached hydrogens (tertiary/aromatic N) is 1. The van der Waals surface area contributed by atoms with E-state index in [4.69, 9.17) is 15.2 Å². The number of anilines is 1. The van der Waals surface area contributed by atoms with E-state index >= 15 is 0 Å². The molecule has 0 saturated carbocycles. The summed E-state index contributed by atoms with van der Waals surface area (Å²) in [5.41, 5.74) is 7.35. The van der Waals surface area contributed by atoms with Gasteiger partial charge in [-0.05, 0) is 30.3 Å². The van der Waals surface area contributed by atoms with Crippen molar-refractivity contribution in [2.75, 3.05) is 12.8 Å². The number of benzene rings is 2. The Hall–Kier alpha value is -2.27. The number of rotatable bonds is 3. The first-order chi connectivity index (χ1) is 9.26. The van der Waals surface area contributed by atoms with E-state index in [1.165, 1.54) is 11.3 Å². The fraction of sp³-hybridized carbons (Fsp3) is 0.0714. The highest BCUT2D eigenvalue weighted by Crippen LogP contribution is 2.35. The van der Waals surface area contributed by atoms with E-state index in [0.29, 0.717) is 16.7 Å². The molecule has 0 aliphatic heterocycles. The Kier molecular flexibility index (Phi) is 2.97. The summed E-state index contributed by atoms with van der Waals surface area (Å²) in [6, 6.07) is 13.1. The Bertz CT molecular complexity index is 724. The van der Waals surface area contributed by atoms with E-state index < -0.39 is 0 Å². The van der Waals surface area contributed by atoms with Crippen LogP contribution in [0.2, 0.25) is 0 Å². The van der Waals surface area contributed by atoms with Crippen molar-refractivity contribution in [3.63, 3.8) is 0 Å². The van der Waals surface area contributed by atoms with Gasteiger partial charge in [-0.15, -0.1) is 0 Å². The molecule has 0 atom stereocenters. The van der Waals surface area contributed by atoms with E-state index in [2.05, 4.69) is 4.98 Å². The van der Waals surface area contributed by atoms with Crippen LogP contribution < -0.4 is 15.2 Å². The highest BCUT2D eigenvalue weighted by Gasteiger charge is 2.09. The lowest BCUT2D eigenvalue weighted by Crippen LogP contribution is -1.88. The Balaban J connectivity index is 1.96. The number of thiazole rings is 1. The van der Waals surface area contributed by atoms with Crippen molar-refractivity contribution in [1.29, 1.82) is 0 Å². The van der Waals surface area contributed by atoms with E-state index in [9.17, 15) is 0 Å². The van der Waals surface area contributed by atoms with Crippen LogP contribution in [0.4, 0.5) is 5.69 Å². The predicted octanol–water partition coefficient (Wildman–Crippen LogP) is 3.68. The van der Waals surface area contributed by atoms with Gasteiger partial charge >= 0.3 is 0 Å². The molecule has 0 spiro atoms. The molecule has 1 aromatic heterocycles. The first kappa shape index (κ1) is 11.8. The minimum atomic E-state index is 0.574. The number of hydrogen-bond acceptors (Lipinski definition) is 5. The van der Waals surface area contributed by atoms with Crippen LogP contribution in [0.15, 0.2) is 42.5 Å². The summed E-state index contributed by atoms with van der Waals surface area (Å²) in [6.07, 6.45) is 0. The van der Waals surface area contributed by atoms with Crippen LogP contribution in [-0.4, -0.2) is 12.1 Å². The van der Waals surface area contributed by atoms with Crippen molar-refractivity contribution in [2.24, 2.45) is 0 Å². The number of para-hydroxylation sites is 2. The predicted molar refractivity (Wildman–Crippen MR) is 77.1 cm³/mol. The zero-order valence-corrected chi connectivity index (χ0v) is 11.1. The first-order valence-corrected chi connectivity index (χ1v) is 6.55. The third-order valence-corrected chi connectivity index (χ3v) is 3.56. The Morgan fingerprint density at radius 2 is 1.89 bits per heavy atom. The molecule has 3 aromatic rings. The summed E-state index contributed by atoms with van der Waals surface area (Å²) < 4.78 is 12.0. The van der Waals surface area contributed by atoms with Gasteiger partial charge in [0.2, 0.25) is 0 Å². The van der Waals surface area contributed by atoms with E-state index in [1.54, 1.807) is 7.11 Å². The van der Waals surface area contributed by atoms with Crippen LogP contribution in [0.3, 0.4) is 0 Å². The van der Waals surface area contributed by atoms with Crippen molar-refractivity contribution in [1.82, 2.24) is 4.98 Å². The first-order valence-electron chi connectivity index (χ1n) is 5.73. The lowest BCUT2D eigenvalue weighted by atomic mass is 10.3. The topological polar surface area (TPSA) is 57.4 Å². The number of nitrogens with two attached hydrogens (primary N) is 1. The molecule has 2 N–H and O–H groups in total. The summed E-state index contributed by atoms with van der Waals surface area (Å²) in [7, 11) is 1.61. The average molecular weight is 272 g/mol. The van der Waals surface area contributed by atoms with Crippen molar-refractivity contribution >= 4 is 27.2 Å². The van der Waals surface area contributed by atoms with Crippen LogP contribution in [0.5, 0.6) is 16.7 Å². The maximum absolute atomic E-state index is 5.77. The second-order valence-electron chi connectivity index (χ2n) is 3.96. The monoisotopic (exact) mass is 272 g/mol. The van der Waals surface area contributed by atoms with Gasteiger partial charge in [0.25, 0.3) is 5.19 Å². The molecule has 96 valence electrons. The van der Waals surface area contributed by atoms with Gasteiger partial charge in [0.1, 0.15) is 0 Å². The lowest BCUT2D eigenvalue weighted by Gasteiger charge is -2.06. The summed E-state index contributed by atoms with van der Waals surface area (Å²) in [4.78, 5) is 4.41. The van der Waals surface area contributed by atoms with Crippen molar-refractivity contribution < 1.29 is 9.47 Å². The van der Waals surface area contributed by atoms with Crippen LogP contribution in [0.1, 0.15) is 0 Å². The summed E-state index contributed by atoms with van der Waals surface area (Å²) >= 11 is 1.46. The van der Waals surface area contributed by atoms with Crippen LogP contribution in [0, 0.1) is 0 Å². The molecule has 0 radical (unpaired) electrons. The highest BCUT2D eigenvalue weighted by atomic mass is 32.1. The van der Waals surface area contributed by atoms with Gasteiger partial charge in [-0.2, -0.15) is 0 Å². The van der Waals surface area contributed by atoms with Gasteiger partial charge < -0.3 is 15.2 Å². The SMILES string of the molecule is COc1ccccc1Oc1nc2ccc(N)cc2s1. The molecular formula is C14H12N2O2S. The number of aromatic nitrogens is 1. The second kappa shape index (κ2) is 4.78. The fourth-order valence-corrected chi connectivity index (χ4v) is 2.64. The third-order valence-electron chi connectivity index (χ3n) is 2.66. The lowest BCUT2D eigenvalue weighted by molar-refractivity contribution is 0.378. The minimum absolute atomic E-state index is 0.574. The molecule has 0 bridgehead atoms. The highest BCUT2D eigenvalue weighted by molar-refractivity contribution is 7.20. The molecule has 0 fully saturated rings. The normalized spacial score (nSPS) is 10.6. The molecule has 5 heteroatoms. The molecule has 4 nitrogen and oxygen atoms in total. The molecular weight excluding hydrogens is 260 g/mol. The Labute approximate surface area is 114 Å². The van der Waals surface area contributed by atoms with Crippen LogP contribution in [0.25, 0.3) is 10.2 Å². The molecule has 0 unspecified atom stereocenters. The van der Waals surface area contributed by atoms with E-state index in [0.717, 1.165) is 15.9 Å². The van der Waals surface area contributed by atoms with Gasteiger partial charge in [-0.1, -0.05) is 23.5 Å².